The number of nitrogens with zero attached hydrogens (tertiary/aromatic N) is 1. The van der Waals surface area contributed by atoms with Gasteiger partial charge in [0.25, 0.3) is 5.91 Å². The second-order valence-corrected chi connectivity index (χ2v) is 7.41. The van der Waals surface area contributed by atoms with Gasteiger partial charge in [-0.25, -0.2) is 4.98 Å². The molecular formula is C20H24N3OS+. The molecule has 2 atom stereocenters. The number of hydrogen-bond donors (Lipinski definition) is 2. The normalized spacial score (nSPS) is 13.5. The molecule has 0 saturated heterocycles. The molecule has 25 heavy (non-hydrogen) atoms. The predicted molar refractivity (Wildman–Crippen MR) is 103 cm³/mol. The van der Waals surface area contributed by atoms with Crippen LogP contribution in [0.4, 0.5) is 0 Å². The van der Waals surface area contributed by atoms with Gasteiger partial charge in [-0.2, -0.15) is 0 Å². The van der Waals surface area contributed by atoms with Gasteiger partial charge in [0.2, 0.25) is 0 Å². The van der Waals surface area contributed by atoms with Crippen molar-refractivity contribution in [1.82, 2.24) is 10.3 Å². The summed E-state index contributed by atoms with van der Waals surface area (Å²) in [5, 5.41) is 4.10. The van der Waals surface area contributed by atoms with Crippen LogP contribution in [0.25, 0.3) is 10.2 Å². The maximum Gasteiger partial charge on any atom is 0.275 e. The van der Waals surface area contributed by atoms with Crippen LogP contribution in [0.5, 0.6) is 0 Å². The van der Waals surface area contributed by atoms with Gasteiger partial charge >= 0.3 is 0 Å². The summed E-state index contributed by atoms with van der Waals surface area (Å²) in [4.78, 5) is 18.1. The first kappa shape index (κ1) is 17.6. The summed E-state index contributed by atoms with van der Waals surface area (Å²) in [5.74, 6) is 0.0846. The minimum Gasteiger partial charge on any atom is -0.351 e. The number of benzene rings is 2. The third kappa shape index (κ3) is 4.65. The van der Waals surface area contributed by atoms with Crippen LogP contribution in [-0.2, 0) is 11.2 Å². The van der Waals surface area contributed by atoms with Crippen molar-refractivity contribution < 1.29 is 9.69 Å². The van der Waals surface area contributed by atoms with Crippen molar-refractivity contribution in [3.63, 3.8) is 0 Å². The summed E-state index contributed by atoms with van der Waals surface area (Å²) in [6.45, 7) is 3.25. The Bertz CT molecular complexity index is 798. The monoisotopic (exact) mass is 354 g/mol. The van der Waals surface area contributed by atoms with Gasteiger partial charge in [-0.3, -0.25) is 4.79 Å². The largest absolute Gasteiger partial charge is 0.351 e. The first-order valence-corrected chi connectivity index (χ1v) is 9.43. The van der Waals surface area contributed by atoms with Crippen molar-refractivity contribution in [3.8, 4) is 0 Å². The van der Waals surface area contributed by atoms with Crippen LogP contribution in [0, 0.1) is 0 Å². The van der Waals surface area contributed by atoms with Gasteiger partial charge in [0, 0.05) is 6.54 Å². The van der Waals surface area contributed by atoms with Crippen molar-refractivity contribution in [2.75, 3.05) is 20.1 Å². The summed E-state index contributed by atoms with van der Waals surface area (Å²) in [6.07, 6.45) is 0.860. The lowest BCUT2D eigenvalue weighted by Gasteiger charge is -2.19. The second-order valence-electron chi connectivity index (χ2n) is 6.35. The van der Waals surface area contributed by atoms with Gasteiger partial charge in [-0.05, 0) is 31.0 Å². The summed E-state index contributed by atoms with van der Waals surface area (Å²) in [5.41, 5.74) is 2.28. The molecule has 3 rings (SSSR count). The van der Waals surface area contributed by atoms with Crippen LogP contribution in [0.1, 0.15) is 23.5 Å². The smallest absolute Gasteiger partial charge is 0.275 e. The molecule has 1 aromatic heterocycles. The molecule has 0 aliphatic rings. The topological polar surface area (TPSA) is 46.4 Å². The number of amides is 1. The van der Waals surface area contributed by atoms with Gasteiger partial charge in [-0.15, -0.1) is 11.3 Å². The average Bonchev–Trinajstić information content (AvgIpc) is 3.06. The molecule has 0 saturated carbocycles. The number of carbonyl (C=O) groups excluding carboxylic acids is 1. The van der Waals surface area contributed by atoms with E-state index in [2.05, 4.69) is 30.4 Å². The van der Waals surface area contributed by atoms with Crippen molar-refractivity contribution in [1.29, 1.82) is 0 Å². The van der Waals surface area contributed by atoms with E-state index >= 15 is 0 Å². The van der Waals surface area contributed by atoms with Gasteiger partial charge in [-0.1, -0.05) is 42.5 Å². The van der Waals surface area contributed by atoms with Gasteiger partial charge < -0.3 is 10.2 Å². The maximum atomic E-state index is 12.2. The summed E-state index contributed by atoms with van der Waals surface area (Å²) >= 11 is 1.71. The Kier molecular flexibility index (Phi) is 5.79. The number of hydrogen-bond acceptors (Lipinski definition) is 3. The lowest BCUT2D eigenvalue weighted by atomic mass is 10.1. The highest BCUT2D eigenvalue weighted by Crippen LogP contribution is 2.24. The fourth-order valence-corrected chi connectivity index (χ4v) is 3.86. The average molecular weight is 354 g/mol. The van der Waals surface area contributed by atoms with Gasteiger partial charge in [0.15, 0.2) is 11.6 Å². The lowest BCUT2D eigenvalue weighted by Crippen LogP contribution is -3.10. The first-order valence-electron chi connectivity index (χ1n) is 8.62. The van der Waals surface area contributed by atoms with E-state index in [1.165, 1.54) is 10.3 Å². The zero-order valence-electron chi connectivity index (χ0n) is 14.7. The van der Waals surface area contributed by atoms with Crippen molar-refractivity contribution >= 4 is 27.5 Å². The molecule has 1 unspecified atom stereocenters. The number of nitrogens with one attached hydrogen (secondary N) is 2. The Morgan fingerprint density at radius 1 is 1.16 bits per heavy atom. The van der Waals surface area contributed by atoms with Crippen molar-refractivity contribution in [2.24, 2.45) is 0 Å². The first-order chi connectivity index (χ1) is 12.1. The number of aromatic nitrogens is 1. The van der Waals surface area contributed by atoms with Crippen molar-refractivity contribution in [3.05, 3.63) is 65.2 Å². The van der Waals surface area contributed by atoms with E-state index in [0.717, 1.165) is 21.8 Å². The number of para-hydroxylation sites is 1. The molecule has 4 nitrogen and oxygen atoms in total. The van der Waals surface area contributed by atoms with Crippen LogP contribution in [0.3, 0.4) is 0 Å². The predicted octanol–water partition coefficient (Wildman–Crippen LogP) is 2.23. The van der Waals surface area contributed by atoms with Crippen LogP contribution < -0.4 is 10.2 Å². The van der Waals surface area contributed by atoms with E-state index in [9.17, 15) is 4.79 Å². The third-order valence-corrected chi connectivity index (χ3v) is 5.66. The lowest BCUT2D eigenvalue weighted by molar-refractivity contribution is -0.902. The van der Waals surface area contributed by atoms with Crippen LogP contribution in [-0.4, -0.2) is 31.0 Å². The molecule has 1 amide bonds. The molecule has 3 aromatic rings. The molecule has 0 spiro atoms. The Balaban J connectivity index is 1.50. The Labute approximate surface area is 152 Å². The highest BCUT2D eigenvalue weighted by atomic mass is 32.1. The van der Waals surface area contributed by atoms with E-state index in [1.54, 1.807) is 11.3 Å². The molecule has 2 N–H and O–H groups in total. The molecule has 0 fully saturated rings. The number of fused-ring (bicyclic) bond motifs is 1. The number of carbonyl (C=O) groups is 1. The van der Waals surface area contributed by atoms with E-state index in [-0.39, 0.29) is 11.9 Å². The molecule has 2 aromatic carbocycles. The Morgan fingerprint density at radius 3 is 2.64 bits per heavy atom. The number of likely N-dealkylation sites (N-methyl/N-ethyl adjacent to an activating group) is 1. The molecule has 0 bridgehead atoms. The van der Waals surface area contributed by atoms with E-state index < -0.39 is 0 Å². The Morgan fingerprint density at radius 2 is 1.88 bits per heavy atom. The number of thiazole rings is 1. The second kappa shape index (κ2) is 8.23. The van der Waals surface area contributed by atoms with Gasteiger partial charge in [0.05, 0.1) is 17.3 Å². The van der Waals surface area contributed by atoms with E-state index in [0.29, 0.717) is 13.1 Å². The third-order valence-electron chi connectivity index (χ3n) is 4.44. The summed E-state index contributed by atoms with van der Waals surface area (Å²) < 4.78 is 1.20. The maximum absolute atomic E-state index is 12.2. The molecular weight excluding hydrogens is 330 g/mol. The van der Waals surface area contributed by atoms with Crippen LogP contribution in [0.2, 0.25) is 0 Å². The summed E-state index contributed by atoms with van der Waals surface area (Å²) in [6, 6.07) is 18.6. The molecule has 0 radical (unpaired) electrons. The molecule has 1 heterocycles. The van der Waals surface area contributed by atoms with Crippen LogP contribution in [0.15, 0.2) is 54.6 Å². The fourth-order valence-electron chi connectivity index (χ4n) is 2.75. The standard InChI is InChI=1S/C20H23N3OS/c1-15(20-22-17-10-6-7-11-18(17)25-20)23(2)14-19(24)21-13-12-16-8-4-3-5-9-16/h3-11,15H,12-14H2,1-2H3,(H,21,24)/p+1/t15-/m0/s1. The summed E-state index contributed by atoms with van der Waals surface area (Å²) in [7, 11) is 2.05. The number of rotatable bonds is 7. The zero-order valence-corrected chi connectivity index (χ0v) is 15.5. The highest BCUT2D eigenvalue weighted by Gasteiger charge is 2.21. The van der Waals surface area contributed by atoms with Crippen molar-refractivity contribution in [2.45, 2.75) is 19.4 Å². The van der Waals surface area contributed by atoms with Crippen LogP contribution >= 0.6 is 11.3 Å². The molecule has 130 valence electrons. The molecule has 0 aliphatic heterocycles. The molecule has 5 heteroatoms. The zero-order chi connectivity index (χ0) is 17.6. The minimum absolute atomic E-state index is 0.0846. The Hall–Kier alpha value is -2.24. The fraction of sp³-hybridized carbons (Fsp3) is 0.300. The van der Waals surface area contributed by atoms with E-state index in [1.807, 2.05) is 43.4 Å². The quantitative estimate of drug-likeness (QED) is 0.683. The van der Waals surface area contributed by atoms with E-state index in [4.69, 9.17) is 4.98 Å². The SMILES string of the molecule is C[C@@H](c1nc2ccccc2s1)[NH+](C)CC(=O)NCCc1ccccc1. The van der Waals surface area contributed by atoms with Gasteiger partial charge in [0.1, 0.15) is 6.04 Å². The highest BCUT2D eigenvalue weighted by molar-refractivity contribution is 7.18. The molecule has 0 aliphatic carbocycles. The number of quaternary nitrogens is 1. The minimum atomic E-state index is 0.0846.